The summed E-state index contributed by atoms with van der Waals surface area (Å²) in [7, 11) is 0. The lowest BCUT2D eigenvalue weighted by Gasteiger charge is -2.14. The van der Waals surface area contributed by atoms with Crippen LogP contribution in [0.25, 0.3) is 158 Å². The highest BCUT2D eigenvalue weighted by Crippen LogP contribution is 2.48. The van der Waals surface area contributed by atoms with Gasteiger partial charge in [-0.1, -0.05) is 164 Å². The van der Waals surface area contributed by atoms with Gasteiger partial charge >= 0.3 is 0 Å². The zero-order chi connectivity index (χ0) is 45.6. The van der Waals surface area contributed by atoms with Crippen LogP contribution < -0.4 is 0 Å². The molecule has 0 aliphatic heterocycles. The van der Waals surface area contributed by atoms with Crippen LogP contribution in [-0.4, -0.2) is 19.5 Å². The van der Waals surface area contributed by atoms with Gasteiger partial charge in [-0.25, -0.2) is 4.98 Å². The van der Waals surface area contributed by atoms with E-state index in [2.05, 4.69) is 174 Å². The molecule has 0 aliphatic carbocycles. The number of fused-ring (bicyclic) bond motifs is 19. The molecule has 70 heavy (non-hydrogen) atoms. The molecule has 0 N–H and O–H groups in total. The maximum atomic E-state index is 6.47. The average Bonchev–Trinajstić information content (AvgIpc) is 4.20. The first kappa shape index (κ1) is 37.9. The van der Waals surface area contributed by atoms with E-state index in [4.69, 9.17) is 23.8 Å². The predicted octanol–water partition coefficient (Wildman–Crippen LogP) is 17.6. The maximum Gasteiger partial charge on any atom is 0.238 e. The van der Waals surface area contributed by atoms with E-state index in [9.17, 15) is 0 Å². The molecule has 5 aromatic heterocycles. The molecule has 0 atom stereocenters. The summed E-state index contributed by atoms with van der Waals surface area (Å²) in [6, 6.07) is 73.2. The molecule has 0 fully saturated rings. The zero-order valence-corrected chi connectivity index (χ0v) is 38.0. The van der Waals surface area contributed by atoms with Crippen molar-refractivity contribution in [3.63, 3.8) is 0 Å². The summed E-state index contributed by atoms with van der Waals surface area (Å²) < 4.78 is 17.8. The van der Waals surface area contributed by atoms with Gasteiger partial charge < -0.3 is 8.83 Å². The van der Waals surface area contributed by atoms with Crippen LogP contribution in [0.1, 0.15) is 0 Å². The second-order valence-electron chi connectivity index (χ2n) is 18.2. The van der Waals surface area contributed by atoms with Gasteiger partial charge in [-0.3, -0.25) is 4.57 Å². The number of para-hydroxylation sites is 3. The molecule has 11 aromatic carbocycles. The van der Waals surface area contributed by atoms with Crippen LogP contribution in [0.3, 0.4) is 0 Å². The molecule has 16 rings (SSSR count). The summed E-state index contributed by atoms with van der Waals surface area (Å²) in [6.07, 6.45) is 0. The molecule has 6 nitrogen and oxygen atoms in total. The Morgan fingerprint density at radius 1 is 0.343 bits per heavy atom. The van der Waals surface area contributed by atoms with Crippen molar-refractivity contribution in [2.75, 3.05) is 0 Å². The van der Waals surface area contributed by atoms with Gasteiger partial charge in [0.2, 0.25) is 5.95 Å². The molecule has 324 valence electrons. The van der Waals surface area contributed by atoms with E-state index < -0.39 is 0 Å². The SMILES string of the molecule is c1ccc2c(c1)ccc1sc3c(-c4cccc5c6c7ccccc7c7ccccc7c6n(-c6nc(-c7ccc8c(c7)oc7ccccc78)nc(-c7ccc8c(c7)oc7ccccc78)n6)c45)cccc3c12. The van der Waals surface area contributed by atoms with Gasteiger partial charge in [-0.05, 0) is 69.4 Å². The van der Waals surface area contributed by atoms with E-state index in [0.717, 1.165) is 98.7 Å². The first-order valence-corrected chi connectivity index (χ1v) is 24.3. The van der Waals surface area contributed by atoms with Crippen molar-refractivity contribution >= 4 is 130 Å². The van der Waals surface area contributed by atoms with Crippen LogP contribution in [0.2, 0.25) is 0 Å². The van der Waals surface area contributed by atoms with Crippen molar-refractivity contribution in [3.05, 3.63) is 206 Å². The number of nitrogens with zero attached hydrogens (tertiary/aromatic N) is 4. The molecule has 0 saturated carbocycles. The summed E-state index contributed by atoms with van der Waals surface area (Å²) >= 11 is 1.86. The van der Waals surface area contributed by atoms with Gasteiger partial charge in [-0.2, -0.15) is 9.97 Å². The molecular formula is C63H34N4O2S. The lowest BCUT2D eigenvalue weighted by Crippen LogP contribution is -2.07. The molecule has 0 unspecified atom stereocenters. The van der Waals surface area contributed by atoms with Crippen LogP contribution in [-0.2, 0) is 0 Å². The number of furan rings is 2. The highest BCUT2D eigenvalue weighted by atomic mass is 32.1. The van der Waals surface area contributed by atoms with E-state index in [1.165, 1.54) is 41.7 Å². The maximum absolute atomic E-state index is 6.47. The normalized spacial score (nSPS) is 12.3. The second-order valence-corrected chi connectivity index (χ2v) is 19.2. The molecule has 7 heteroatoms. The molecule has 0 bridgehead atoms. The molecule has 0 radical (unpaired) electrons. The molecular weight excluding hydrogens is 877 g/mol. The van der Waals surface area contributed by atoms with Gasteiger partial charge in [-0.15, -0.1) is 11.3 Å². The molecule has 5 heterocycles. The Balaban J connectivity index is 1.05. The third-order valence-corrected chi connectivity index (χ3v) is 15.6. The van der Waals surface area contributed by atoms with Gasteiger partial charge in [0.25, 0.3) is 0 Å². The number of hydrogen-bond acceptors (Lipinski definition) is 6. The molecule has 0 saturated heterocycles. The van der Waals surface area contributed by atoms with Gasteiger partial charge in [0.15, 0.2) is 11.6 Å². The highest BCUT2D eigenvalue weighted by Gasteiger charge is 2.26. The summed E-state index contributed by atoms with van der Waals surface area (Å²) in [5.74, 6) is 1.57. The smallest absolute Gasteiger partial charge is 0.238 e. The van der Waals surface area contributed by atoms with Crippen LogP contribution in [0.5, 0.6) is 0 Å². The Labute approximate surface area is 401 Å². The quantitative estimate of drug-likeness (QED) is 0.165. The van der Waals surface area contributed by atoms with Crippen LogP contribution in [0.4, 0.5) is 0 Å². The highest BCUT2D eigenvalue weighted by molar-refractivity contribution is 7.26. The first-order valence-electron chi connectivity index (χ1n) is 23.5. The number of hydrogen-bond donors (Lipinski definition) is 0. The van der Waals surface area contributed by atoms with Crippen molar-refractivity contribution in [2.45, 2.75) is 0 Å². The second kappa shape index (κ2) is 14.2. The minimum absolute atomic E-state index is 0.511. The van der Waals surface area contributed by atoms with Crippen LogP contribution in [0, 0.1) is 0 Å². The Morgan fingerprint density at radius 2 is 0.871 bits per heavy atom. The third-order valence-electron chi connectivity index (χ3n) is 14.4. The van der Waals surface area contributed by atoms with Gasteiger partial charge in [0, 0.05) is 80.1 Å². The lowest BCUT2D eigenvalue weighted by molar-refractivity contribution is 0.668. The summed E-state index contributed by atoms with van der Waals surface area (Å²) in [5.41, 5.74) is 9.17. The summed E-state index contributed by atoms with van der Waals surface area (Å²) in [4.78, 5) is 16.5. The number of rotatable bonds is 4. The topological polar surface area (TPSA) is 69.9 Å². The van der Waals surface area contributed by atoms with Crippen molar-refractivity contribution in [2.24, 2.45) is 0 Å². The Kier molecular flexibility index (Phi) is 7.67. The van der Waals surface area contributed by atoms with Crippen LogP contribution in [0.15, 0.2) is 215 Å². The average molecular weight is 911 g/mol. The van der Waals surface area contributed by atoms with Crippen molar-refractivity contribution in [3.8, 4) is 39.9 Å². The Morgan fingerprint density at radius 3 is 1.56 bits per heavy atom. The fraction of sp³-hybridized carbons (Fsp3) is 0. The number of benzene rings is 11. The molecule has 0 aliphatic rings. The van der Waals surface area contributed by atoms with E-state index in [0.29, 0.717) is 17.6 Å². The summed E-state index contributed by atoms with van der Waals surface area (Å²) in [6.45, 7) is 0. The molecule has 0 amide bonds. The first-order chi connectivity index (χ1) is 34.7. The molecule has 16 aromatic rings. The molecule has 0 spiro atoms. The minimum atomic E-state index is 0.511. The zero-order valence-electron chi connectivity index (χ0n) is 37.1. The monoisotopic (exact) mass is 910 g/mol. The van der Waals surface area contributed by atoms with Gasteiger partial charge in [0.1, 0.15) is 22.3 Å². The minimum Gasteiger partial charge on any atom is -0.456 e. The van der Waals surface area contributed by atoms with Crippen LogP contribution >= 0.6 is 11.3 Å². The Hall–Kier alpha value is -9.17. The number of aromatic nitrogens is 4. The van der Waals surface area contributed by atoms with Crippen molar-refractivity contribution in [1.82, 2.24) is 19.5 Å². The standard InChI is InChI=1S/C63H34N4O2S/c1-2-14-38-35(13-1)29-32-55-56(38)50-24-12-22-48(60(50)70-55)47-21-11-23-49-57-45-19-5-3-15-39(45)40-16-4-6-20-46(40)59(57)67(58(47)49)63-65-61(36-27-30-43-41-17-7-9-25-51(41)68-53(43)33-36)64-62(66-63)37-28-31-44-42-18-8-10-26-52(42)69-54(44)34-37/h1-34H. The Bertz CT molecular complexity index is 4790. The van der Waals surface area contributed by atoms with E-state index >= 15 is 0 Å². The number of thiophene rings is 1. The van der Waals surface area contributed by atoms with Crippen molar-refractivity contribution in [1.29, 1.82) is 0 Å². The van der Waals surface area contributed by atoms with Crippen molar-refractivity contribution < 1.29 is 8.83 Å². The predicted molar refractivity (Wildman–Crippen MR) is 290 cm³/mol. The van der Waals surface area contributed by atoms with E-state index in [1.54, 1.807) is 0 Å². The van der Waals surface area contributed by atoms with E-state index in [-0.39, 0.29) is 0 Å². The largest absolute Gasteiger partial charge is 0.456 e. The fourth-order valence-corrected chi connectivity index (χ4v) is 12.6. The van der Waals surface area contributed by atoms with Gasteiger partial charge in [0.05, 0.1) is 11.0 Å². The fourth-order valence-electron chi connectivity index (χ4n) is 11.4. The lowest BCUT2D eigenvalue weighted by atomic mass is 9.95. The third kappa shape index (κ3) is 5.29. The van der Waals surface area contributed by atoms with E-state index in [1.807, 2.05) is 47.7 Å². The summed E-state index contributed by atoms with van der Waals surface area (Å²) in [5, 5.41) is 16.2.